The Kier molecular flexibility index (Phi) is 4.80. The molecule has 1 saturated heterocycles. The molecule has 1 atom stereocenters. The Morgan fingerprint density at radius 3 is 2.59 bits per heavy atom. The van der Waals surface area contributed by atoms with Crippen molar-refractivity contribution >= 4 is 11.8 Å². The van der Waals surface area contributed by atoms with Gasteiger partial charge in [-0.2, -0.15) is 0 Å². The smallest absolute Gasteiger partial charge is 0.257 e. The minimum absolute atomic E-state index is 0.0171. The van der Waals surface area contributed by atoms with Crippen molar-refractivity contribution < 1.29 is 14.0 Å². The van der Waals surface area contributed by atoms with Crippen LogP contribution in [0.5, 0.6) is 0 Å². The van der Waals surface area contributed by atoms with Crippen LogP contribution < -0.4 is 5.32 Å². The molecule has 1 saturated carbocycles. The zero-order chi connectivity index (χ0) is 15.4. The molecule has 2 heterocycles. The first kappa shape index (κ1) is 15.1. The normalized spacial score (nSPS) is 23.3. The minimum atomic E-state index is -0.335. The average molecular weight is 304 g/mol. The Hall–Kier alpha value is -1.78. The fourth-order valence-corrected chi connectivity index (χ4v) is 3.54. The maximum Gasteiger partial charge on any atom is 0.257 e. The summed E-state index contributed by atoms with van der Waals surface area (Å²) in [6.07, 6.45) is 11.4. The van der Waals surface area contributed by atoms with Gasteiger partial charge in [0.1, 0.15) is 12.3 Å². The third-order valence-electron chi connectivity index (χ3n) is 4.79. The van der Waals surface area contributed by atoms with Gasteiger partial charge in [0.05, 0.1) is 11.8 Å². The van der Waals surface area contributed by atoms with E-state index in [4.69, 9.17) is 4.42 Å². The first-order chi connectivity index (χ1) is 10.8. The van der Waals surface area contributed by atoms with Crippen LogP contribution >= 0.6 is 0 Å². The molecule has 0 bridgehead atoms. The molecule has 2 aliphatic rings. The van der Waals surface area contributed by atoms with Crippen molar-refractivity contribution in [3.05, 3.63) is 24.2 Å². The Morgan fingerprint density at radius 2 is 1.86 bits per heavy atom. The van der Waals surface area contributed by atoms with Gasteiger partial charge in [0, 0.05) is 12.6 Å². The molecule has 5 nitrogen and oxygen atoms in total. The molecule has 0 radical (unpaired) electrons. The van der Waals surface area contributed by atoms with Crippen molar-refractivity contribution in [2.75, 3.05) is 6.54 Å². The number of rotatable bonds is 3. The number of hydrogen-bond donors (Lipinski definition) is 1. The third-order valence-corrected chi connectivity index (χ3v) is 4.79. The number of likely N-dealkylation sites (tertiary alicyclic amines) is 1. The predicted octanol–water partition coefficient (Wildman–Crippen LogP) is 2.72. The zero-order valence-corrected chi connectivity index (χ0v) is 12.9. The van der Waals surface area contributed by atoms with Crippen molar-refractivity contribution in [3.8, 4) is 0 Å². The van der Waals surface area contributed by atoms with E-state index < -0.39 is 0 Å². The molecule has 120 valence electrons. The van der Waals surface area contributed by atoms with E-state index >= 15 is 0 Å². The van der Waals surface area contributed by atoms with Gasteiger partial charge in [0.2, 0.25) is 5.91 Å². The van der Waals surface area contributed by atoms with Gasteiger partial charge in [-0.15, -0.1) is 0 Å². The van der Waals surface area contributed by atoms with E-state index in [-0.39, 0.29) is 23.9 Å². The molecule has 1 aromatic rings. The maximum atomic E-state index is 12.6. The van der Waals surface area contributed by atoms with E-state index in [1.165, 1.54) is 31.8 Å². The van der Waals surface area contributed by atoms with Crippen LogP contribution in [-0.4, -0.2) is 35.3 Å². The average Bonchev–Trinajstić information content (AvgIpc) is 3.09. The number of carbonyl (C=O) groups is 2. The first-order valence-electron chi connectivity index (χ1n) is 8.39. The number of nitrogens with one attached hydrogen (secondary N) is 1. The van der Waals surface area contributed by atoms with Gasteiger partial charge in [-0.1, -0.05) is 19.3 Å². The molecule has 2 fully saturated rings. The highest BCUT2D eigenvalue weighted by Gasteiger charge is 2.33. The van der Waals surface area contributed by atoms with Crippen LogP contribution in [0.25, 0.3) is 0 Å². The summed E-state index contributed by atoms with van der Waals surface area (Å²) in [5, 5.41) is 3.16. The third kappa shape index (κ3) is 3.34. The van der Waals surface area contributed by atoms with E-state index in [1.807, 2.05) is 0 Å². The Labute approximate surface area is 131 Å². The molecule has 5 heteroatoms. The summed E-state index contributed by atoms with van der Waals surface area (Å²) in [6, 6.07) is 1.61. The second kappa shape index (κ2) is 6.99. The monoisotopic (exact) mass is 304 g/mol. The molecule has 1 aliphatic heterocycles. The second-order valence-corrected chi connectivity index (χ2v) is 6.37. The summed E-state index contributed by atoms with van der Waals surface area (Å²) in [4.78, 5) is 26.9. The van der Waals surface area contributed by atoms with Crippen LogP contribution in [0.4, 0.5) is 0 Å². The molecule has 1 N–H and O–H groups in total. The molecular weight excluding hydrogens is 280 g/mol. The molecule has 2 amide bonds. The van der Waals surface area contributed by atoms with Crippen molar-refractivity contribution in [2.45, 2.75) is 63.5 Å². The number of furan rings is 1. The van der Waals surface area contributed by atoms with Crippen LogP contribution in [-0.2, 0) is 4.79 Å². The molecule has 0 spiro atoms. The lowest BCUT2D eigenvalue weighted by atomic mass is 9.94. The van der Waals surface area contributed by atoms with Crippen LogP contribution in [0.15, 0.2) is 23.0 Å². The summed E-state index contributed by atoms with van der Waals surface area (Å²) >= 11 is 0. The molecule has 0 aromatic carbocycles. The summed E-state index contributed by atoms with van der Waals surface area (Å²) in [6.45, 7) is 0.646. The summed E-state index contributed by atoms with van der Waals surface area (Å²) in [7, 11) is 0. The van der Waals surface area contributed by atoms with E-state index in [0.717, 1.165) is 32.1 Å². The van der Waals surface area contributed by atoms with Crippen molar-refractivity contribution in [1.82, 2.24) is 10.2 Å². The van der Waals surface area contributed by atoms with Crippen LogP contribution in [0.1, 0.15) is 61.7 Å². The SMILES string of the molecule is O=C(NC1CCCCC1)[C@H]1CCCCN1C(=O)c1ccoc1. The minimum Gasteiger partial charge on any atom is -0.472 e. The van der Waals surface area contributed by atoms with Gasteiger partial charge < -0.3 is 14.6 Å². The van der Waals surface area contributed by atoms with Gasteiger partial charge in [-0.25, -0.2) is 0 Å². The lowest BCUT2D eigenvalue weighted by Crippen LogP contribution is -2.53. The second-order valence-electron chi connectivity index (χ2n) is 6.37. The van der Waals surface area contributed by atoms with E-state index in [1.54, 1.807) is 11.0 Å². The maximum absolute atomic E-state index is 12.6. The highest BCUT2D eigenvalue weighted by Crippen LogP contribution is 2.22. The van der Waals surface area contributed by atoms with Crippen LogP contribution in [0.2, 0.25) is 0 Å². The zero-order valence-electron chi connectivity index (χ0n) is 12.9. The topological polar surface area (TPSA) is 62.6 Å². The highest BCUT2D eigenvalue weighted by atomic mass is 16.3. The van der Waals surface area contributed by atoms with E-state index in [0.29, 0.717) is 12.1 Å². The number of amides is 2. The lowest BCUT2D eigenvalue weighted by molar-refractivity contribution is -0.127. The number of hydrogen-bond acceptors (Lipinski definition) is 3. The number of carbonyl (C=O) groups excluding carboxylic acids is 2. The van der Waals surface area contributed by atoms with Gasteiger partial charge >= 0.3 is 0 Å². The molecule has 1 aliphatic carbocycles. The Bertz CT molecular complexity index is 506. The molecule has 3 rings (SSSR count). The number of nitrogens with zero attached hydrogens (tertiary/aromatic N) is 1. The van der Waals surface area contributed by atoms with Gasteiger partial charge in [0.15, 0.2) is 0 Å². The Balaban J connectivity index is 1.66. The van der Waals surface area contributed by atoms with Crippen LogP contribution in [0, 0.1) is 0 Å². The quantitative estimate of drug-likeness (QED) is 0.934. The molecular formula is C17H24N2O3. The van der Waals surface area contributed by atoms with Gasteiger partial charge in [-0.05, 0) is 38.2 Å². The summed E-state index contributed by atoms with van der Waals surface area (Å²) in [5.41, 5.74) is 0.525. The van der Waals surface area contributed by atoms with Crippen LogP contribution in [0.3, 0.4) is 0 Å². The van der Waals surface area contributed by atoms with Crippen molar-refractivity contribution in [2.24, 2.45) is 0 Å². The van der Waals surface area contributed by atoms with E-state index in [2.05, 4.69) is 5.32 Å². The molecule has 0 unspecified atom stereocenters. The lowest BCUT2D eigenvalue weighted by Gasteiger charge is -2.36. The van der Waals surface area contributed by atoms with Gasteiger partial charge in [-0.3, -0.25) is 9.59 Å². The largest absolute Gasteiger partial charge is 0.472 e. The summed E-state index contributed by atoms with van der Waals surface area (Å²) < 4.78 is 5.00. The van der Waals surface area contributed by atoms with Crippen molar-refractivity contribution in [3.63, 3.8) is 0 Å². The summed E-state index contributed by atoms with van der Waals surface area (Å²) in [5.74, 6) is -0.0827. The van der Waals surface area contributed by atoms with Crippen molar-refractivity contribution in [1.29, 1.82) is 0 Å². The number of piperidine rings is 1. The molecule has 1 aromatic heterocycles. The first-order valence-corrected chi connectivity index (χ1v) is 8.39. The van der Waals surface area contributed by atoms with E-state index in [9.17, 15) is 9.59 Å². The molecule has 22 heavy (non-hydrogen) atoms. The fourth-order valence-electron chi connectivity index (χ4n) is 3.54. The highest BCUT2D eigenvalue weighted by molar-refractivity contribution is 5.97. The fraction of sp³-hybridized carbons (Fsp3) is 0.647. The van der Waals surface area contributed by atoms with Gasteiger partial charge in [0.25, 0.3) is 5.91 Å². The Morgan fingerprint density at radius 1 is 1.09 bits per heavy atom. The standard InChI is InChI=1S/C17H24N2O3/c20-16(18-14-6-2-1-3-7-14)15-8-4-5-10-19(15)17(21)13-9-11-22-12-13/h9,11-12,14-15H,1-8,10H2,(H,18,20)/t15-/m1/s1. The predicted molar refractivity (Wildman–Crippen MR) is 82.4 cm³/mol.